The molecule has 0 radical (unpaired) electrons. The lowest BCUT2D eigenvalue weighted by Gasteiger charge is -2.15. The fourth-order valence-corrected chi connectivity index (χ4v) is 2.26. The van der Waals surface area contributed by atoms with Gasteiger partial charge < -0.3 is 10.1 Å². The van der Waals surface area contributed by atoms with Crippen molar-refractivity contribution in [3.8, 4) is 5.75 Å². The Morgan fingerprint density at radius 3 is 2.57 bits per heavy atom. The maximum absolute atomic E-state index is 12.3. The maximum Gasteiger partial charge on any atom is 0.227 e. The van der Waals surface area contributed by atoms with Crippen LogP contribution in [0, 0.1) is 5.92 Å². The third-order valence-electron chi connectivity index (χ3n) is 3.63. The van der Waals surface area contributed by atoms with Gasteiger partial charge in [-0.25, -0.2) is 0 Å². The molecule has 1 rings (SSSR count). The van der Waals surface area contributed by atoms with Gasteiger partial charge in [0.05, 0.1) is 7.11 Å². The lowest BCUT2D eigenvalue weighted by Crippen LogP contribution is -2.22. The Kier molecular flexibility index (Phi) is 8.25. The van der Waals surface area contributed by atoms with Crippen LogP contribution in [-0.4, -0.2) is 13.0 Å². The molecule has 0 fully saturated rings. The molecule has 1 amide bonds. The highest BCUT2D eigenvalue weighted by molar-refractivity contribution is 5.92. The van der Waals surface area contributed by atoms with Gasteiger partial charge in [0, 0.05) is 11.6 Å². The van der Waals surface area contributed by atoms with Crippen molar-refractivity contribution in [2.24, 2.45) is 5.92 Å². The first-order valence-corrected chi connectivity index (χ1v) is 7.77. The van der Waals surface area contributed by atoms with Crippen LogP contribution in [0.25, 0.3) is 0 Å². The van der Waals surface area contributed by atoms with Crippen LogP contribution in [-0.2, 0) is 4.79 Å². The fourth-order valence-electron chi connectivity index (χ4n) is 2.26. The smallest absolute Gasteiger partial charge is 0.227 e. The van der Waals surface area contributed by atoms with Crippen LogP contribution in [0.3, 0.4) is 0 Å². The van der Waals surface area contributed by atoms with Crippen LogP contribution in [0.1, 0.15) is 46.0 Å². The number of amides is 1. The summed E-state index contributed by atoms with van der Waals surface area (Å²) in [6, 6.07) is 7.45. The molecular formula is C18H27NO2. The molecule has 0 aromatic heterocycles. The first-order valence-electron chi connectivity index (χ1n) is 7.77. The number of ether oxygens (including phenoxy) is 1. The van der Waals surface area contributed by atoms with Gasteiger partial charge in [-0.05, 0) is 56.9 Å². The molecule has 1 N–H and O–H groups in total. The molecule has 1 atom stereocenters. The minimum atomic E-state index is 0.0951. The molecule has 0 spiro atoms. The second-order valence-electron chi connectivity index (χ2n) is 5.18. The highest BCUT2D eigenvalue weighted by atomic mass is 16.5. The SMILES string of the molecule is C/C=C/CCCCC(CC)C(=O)Nc1ccc(OC)cc1. The number of allylic oxidation sites excluding steroid dienone is 2. The standard InChI is InChI=1S/C18H27NO2/c1-4-6-7-8-9-10-15(5-2)18(20)19-16-11-13-17(21-3)14-12-16/h4,6,11-15H,5,7-10H2,1-3H3,(H,19,20)/b6-4+. The van der Waals surface area contributed by atoms with Gasteiger partial charge in [0.1, 0.15) is 5.75 Å². The zero-order valence-electron chi connectivity index (χ0n) is 13.4. The van der Waals surface area contributed by atoms with Crippen LogP contribution in [0.5, 0.6) is 5.75 Å². The van der Waals surface area contributed by atoms with Gasteiger partial charge in [-0.2, -0.15) is 0 Å². The summed E-state index contributed by atoms with van der Waals surface area (Å²) >= 11 is 0. The lowest BCUT2D eigenvalue weighted by atomic mass is 9.97. The van der Waals surface area contributed by atoms with E-state index in [2.05, 4.69) is 24.4 Å². The number of methoxy groups -OCH3 is 1. The Morgan fingerprint density at radius 1 is 1.29 bits per heavy atom. The summed E-state index contributed by atoms with van der Waals surface area (Å²) in [4.78, 5) is 12.3. The lowest BCUT2D eigenvalue weighted by molar-refractivity contribution is -0.120. The number of rotatable bonds is 9. The minimum absolute atomic E-state index is 0.0951. The topological polar surface area (TPSA) is 38.3 Å². The van der Waals surface area contributed by atoms with Crippen molar-refractivity contribution in [3.05, 3.63) is 36.4 Å². The molecule has 0 bridgehead atoms. The number of carbonyl (C=O) groups is 1. The second-order valence-corrected chi connectivity index (χ2v) is 5.18. The molecule has 0 aliphatic heterocycles. The predicted octanol–water partition coefficient (Wildman–Crippen LogP) is 4.80. The van der Waals surface area contributed by atoms with Crippen LogP contribution in [0.15, 0.2) is 36.4 Å². The highest BCUT2D eigenvalue weighted by Crippen LogP contribution is 2.19. The first-order chi connectivity index (χ1) is 10.2. The van der Waals surface area contributed by atoms with E-state index in [1.54, 1.807) is 7.11 Å². The van der Waals surface area contributed by atoms with E-state index in [1.165, 1.54) is 0 Å². The van der Waals surface area contributed by atoms with Crippen molar-refractivity contribution < 1.29 is 9.53 Å². The number of benzene rings is 1. The molecule has 0 saturated heterocycles. The first kappa shape index (κ1) is 17.3. The Hall–Kier alpha value is -1.77. The molecule has 116 valence electrons. The van der Waals surface area contributed by atoms with Crippen molar-refractivity contribution in [1.29, 1.82) is 0 Å². The summed E-state index contributed by atoms with van der Waals surface area (Å²) < 4.78 is 5.11. The summed E-state index contributed by atoms with van der Waals surface area (Å²) in [5.41, 5.74) is 0.827. The minimum Gasteiger partial charge on any atom is -0.497 e. The van der Waals surface area contributed by atoms with Crippen LogP contribution < -0.4 is 10.1 Å². The van der Waals surface area contributed by atoms with Crippen LogP contribution in [0.4, 0.5) is 5.69 Å². The molecule has 0 aliphatic carbocycles. The van der Waals surface area contributed by atoms with Crippen molar-refractivity contribution in [3.63, 3.8) is 0 Å². The number of nitrogens with one attached hydrogen (secondary N) is 1. The Labute approximate surface area is 128 Å². The van der Waals surface area contributed by atoms with Gasteiger partial charge >= 0.3 is 0 Å². The summed E-state index contributed by atoms with van der Waals surface area (Å²) in [6.07, 6.45) is 9.44. The average Bonchev–Trinajstić information content (AvgIpc) is 2.51. The summed E-state index contributed by atoms with van der Waals surface area (Å²) in [5.74, 6) is 1.01. The van der Waals surface area contributed by atoms with Crippen molar-refractivity contribution in [2.45, 2.75) is 46.0 Å². The van der Waals surface area contributed by atoms with Crippen molar-refractivity contribution in [1.82, 2.24) is 0 Å². The molecule has 3 heteroatoms. The van der Waals surface area contributed by atoms with Gasteiger partial charge in [0.2, 0.25) is 5.91 Å². The van der Waals surface area contributed by atoms with Gasteiger partial charge in [0.25, 0.3) is 0 Å². The molecule has 0 heterocycles. The number of hydrogen-bond donors (Lipinski definition) is 1. The fraction of sp³-hybridized carbons (Fsp3) is 0.500. The zero-order chi connectivity index (χ0) is 15.5. The van der Waals surface area contributed by atoms with E-state index in [4.69, 9.17) is 4.74 Å². The number of anilines is 1. The van der Waals surface area contributed by atoms with E-state index < -0.39 is 0 Å². The van der Waals surface area contributed by atoms with Gasteiger partial charge in [0.15, 0.2) is 0 Å². The van der Waals surface area contributed by atoms with E-state index in [9.17, 15) is 4.79 Å². The van der Waals surface area contributed by atoms with E-state index in [1.807, 2.05) is 31.2 Å². The summed E-state index contributed by atoms with van der Waals surface area (Å²) in [6.45, 7) is 4.11. The molecule has 3 nitrogen and oxygen atoms in total. The van der Waals surface area contributed by atoms with Gasteiger partial charge in [-0.1, -0.05) is 25.5 Å². The molecular weight excluding hydrogens is 262 g/mol. The van der Waals surface area contributed by atoms with E-state index >= 15 is 0 Å². The highest BCUT2D eigenvalue weighted by Gasteiger charge is 2.15. The molecule has 1 aromatic carbocycles. The quantitative estimate of drug-likeness (QED) is 0.524. The third kappa shape index (κ3) is 6.48. The normalized spacial score (nSPS) is 12.3. The third-order valence-corrected chi connectivity index (χ3v) is 3.63. The molecule has 0 aliphatic rings. The predicted molar refractivity (Wildman–Crippen MR) is 88.7 cm³/mol. The molecule has 1 aromatic rings. The van der Waals surface area contributed by atoms with E-state index in [-0.39, 0.29) is 11.8 Å². The van der Waals surface area contributed by atoms with Gasteiger partial charge in [-0.3, -0.25) is 4.79 Å². The number of unbranched alkanes of at least 4 members (excludes halogenated alkanes) is 2. The summed E-state index contributed by atoms with van der Waals surface area (Å²) in [7, 11) is 1.63. The molecule has 21 heavy (non-hydrogen) atoms. The monoisotopic (exact) mass is 289 g/mol. The van der Waals surface area contributed by atoms with Crippen LogP contribution in [0.2, 0.25) is 0 Å². The van der Waals surface area contributed by atoms with E-state index in [0.717, 1.165) is 43.5 Å². The second kappa shape index (κ2) is 10.0. The zero-order valence-corrected chi connectivity index (χ0v) is 13.4. The van der Waals surface area contributed by atoms with Crippen molar-refractivity contribution >= 4 is 11.6 Å². The largest absolute Gasteiger partial charge is 0.497 e. The van der Waals surface area contributed by atoms with E-state index in [0.29, 0.717) is 0 Å². The number of hydrogen-bond acceptors (Lipinski definition) is 2. The Bertz CT molecular complexity index is 437. The van der Waals surface area contributed by atoms with Gasteiger partial charge in [-0.15, -0.1) is 0 Å². The molecule has 0 saturated carbocycles. The Morgan fingerprint density at radius 2 is 2.00 bits per heavy atom. The maximum atomic E-state index is 12.3. The Balaban J connectivity index is 2.42. The average molecular weight is 289 g/mol. The number of carbonyl (C=O) groups excluding carboxylic acids is 1. The van der Waals surface area contributed by atoms with Crippen molar-refractivity contribution in [2.75, 3.05) is 12.4 Å². The molecule has 1 unspecified atom stereocenters. The summed E-state index contributed by atoms with van der Waals surface area (Å²) in [5, 5.41) is 2.99. The van der Waals surface area contributed by atoms with Crippen LogP contribution >= 0.6 is 0 Å².